The molecule has 4 heteroatoms. The highest BCUT2D eigenvalue weighted by atomic mass is 16.2. The van der Waals surface area contributed by atoms with Gasteiger partial charge in [0.2, 0.25) is 11.8 Å². The maximum Gasteiger partial charge on any atom is 0.248 e. The molecule has 0 radical (unpaired) electrons. The first-order valence-electron chi connectivity index (χ1n) is 6.82. The van der Waals surface area contributed by atoms with Gasteiger partial charge in [-0.05, 0) is 26.2 Å². The van der Waals surface area contributed by atoms with E-state index in [0.717, 1.165) is 32.1 Å². The summed E-state index contributed by atoms with van der Waals surface area (Å²) in [6.45, 7) is 6.28. The Morgan fingerprint density at radius 2 is 2.11 bits per heavy atom. The summed E-state index contributed by atoms with van der Waals surface area (Å²) in [6, 6.07) is 0.125. The molecular weight excluding hydrogens is 228 g/mol. The average molecular weight is 250 g/mol. The molecule has 0 bridgehead atoms. The molecule has 1 aliphatic heterocycles. The van der Waals surface area contributed by atoms with Gasteiger partial charge in [0.25, 0.3) is 0 Å². The van der Waals surface area contributed by atoms with Gasteiger partial charge in [0.05, 0.1) is 0 Å². The smallest absolute Gasteiger partial charge is 0.248 e. The summed E-state index contributed by atoms with van der Waals surface area (Å²) in [5, 5.41) is 2.97. The zero-order valence-corrected chi connectivity index (χ0v) is 11.1. The topological polar surface area (TPSA) is 49.4 Å². The van der Waals surface area contributed by atoms with E-state index in [4.69, 9.17) is 0 Å². The van der Waals surface area contributed by atoms with Crippen molar-refractivity contribution in [3.8, 4) is 0 Å². The lowest BCUT2D eigenvalue weighted by atomic mass is 9.95. The molecule has 1 unspecified atom stereocenters. The Bertz CT molecular complexity index is 359. The Labute approximate surface area is 108 Å². The Morgan fingerprint density at radius 3 is 2.72 bits per heavy atom. The lowest BCUT2D eigenvalue weighted by Gasteiger charge is -2.35. The normalized spacial score (nSPS) is 24.8. The van der Waals surface area contributed by atoms with Gasteiger partial charge < -0.3 is 10.2 Å². The molecule has 0 aromatic carbocycles. The number of nitrogens with zero attached hydrogens (tertiary/aromatic N) is 1. The minimum Gasteiger partial charge on any atom is -0.342 e. The molecule has 2 rings (SSSR count). The van der Waals surface area contributed by atoms with Gasteiger partial charge in [-0.25, -0.2) is 0 Å². The van der Waals surface area contributed by atoms with Gasteiger partial charge in [-0.3, -0.25) is 9.59 Å². The van der Waals surface area contributed by atoms with Crippen LogP contribution in [0.4, 0.5) is 0 Å². The third kappa shape index (κ3) is 2.28. The fraction of sp³-hybridized carbons (Fsp3) is 0.714. The predicted octanol–water partition coefficient (Wildman–Crippen LogP) is 1.61. The van der Waals surface area contributed by atoms with Crippen LogP contribution in [0, 0.1) is 0 Å². The van der Waals surface area contributed by atoms with Crippen molar-refractivity contribution in [2.75, 3.05) is 6.54 Å². The van der Waals surface area contributed by atoms with Crippen LogP contribution in [0.15, 0.2) is 12.7 Å². The standard InChI is InChI=1S/C14H22N2O2/c1-3-6-11(2)16-10-7-12(17)15-14(13(16)18)8-4-5-9-14/h3,11H,1,4-10H2,2H3,(H,15,17). The molecule has 1 atom stereocenters. The fourth-order valence-electron chi connectivity index (χ4n) is 3.09. The van der Waals surface area contributed by atoms with Crippen LogP contribution < -0.4 is 5.32 Å². The van der Waals surface area contributed by atoms with Gasteiger partial charge >= 0.3 is 0 Å². The molecule has 1 saturated carbocycles. The second-order valence-corrected chi connectivity index (χ2v) is 5.46. The molecule has 1 heterocycles. The molecule has 18 heavy (non-hydrogen) atoms. The van der Waals surface area contributed by atoms with Crippen LogP contribution in [0.2, 0.25) is 0 Å². The first-order valence-corrected chi connectivity index (χ1v) is 6.82. The average Bonchev–Trinajstić information content (AvgIpc) is 2.74. The van der Waals surface area contributed by atoms with E-state index in [-0.39, 0.29) is 17.9 Å². The van der Waals surface area contributed by atoms with E-state index in [1.807, 2.05) is 17.9 Å². The fourth-order valence-corrected chi connectivity index (χ4v) is 3.09. The van der Waals surface area contributed by atoms with Crippen molar-refractivity contribution in [2.24, 2.45) is 0 Å². The second kappa shape index (κ2) is 5.12. The van der Waals surface area contributed by atoms with Crippen molar-refractivity contribution < 1.29 is 9.59 Å². The largest absolute Gasteiger partial charge is 0.342 e. The van der Waals surface area contributed by atoms with Crippen molar-refractivity contribution in [2.45, 2.75) is 57.0 Å². The highest BCUT2D eigenvalue weighted by molar-refractivity contribution is 5.94. The molecule has 100 valence electrons. The van der Waals surface area contributed by atoms with Crippen LogP contribution in [-0.2, 0) is 9.59 Å². The van der Waals surface area contributed by atoms with Crippen LogP contribution in [0.25, 0.3) is 0 Å². The highest BCUT2D eigenvalue weighted by Crippen LogP contribution is 2.33. The summed E-state index contributed by atoms with van der Waals surface area (Å²) in [5.41, 5.74) is -0.608. The van der Waals surface area contributed by atoms with E-state index in [1.54, 1.807) is 0 Å². The number of hydrogen-bond donors (Lipinski definition) is 1. The van der Waals surface area contributed by atoms with Gasteiger partial charge in [-0.2, -0.15) is 0 Å². The number of rotatable bonds is 3. The van der Waals surface area contributed by atoms with Gasteiger partial charge in [0.15, 0.2) is 0 Å². The van der Waals surface area contributed by atoms with E-state index in [2.05, 4.69) is 11.9 Å². The number of hydrogen-bond acceptors (Lipinski definition) is 2. The molecule has 2 aliphatic rings. The van der Waals surface area contributed by atoms with Crippen molar-refractivity contribution in [1.29, 1.82) is 0 Å². The maximum absolute atomic E-state index is 12.7. The van der Waals surface area contributed by atoms with Crippen LogP contribution in [-0.4, -0.2) is 34.8 Å². The first-order chi connectivity index (χ1) is 8.59. The summed E-state index contributed by atoms with van der Waals surface area (Å²) in [6.07, 6.45) is 6.64. The van der Waals surface area contributed by atoms with E-state index >= 15 is 0 Å². The Balaban J connectivity index is 2.23. The SMILES string of the molecule is C=CCC(C)N1CCC(=O)NC2(CCCC2)C1=O. The first kappa shape index (κ1) is 13.1. The molecule has 4 nitrogen and oxygen atoms in total. The van der Waals surface area contributed by atoms with Crippen molar-refractivity contribution in [3.05, 3.63) is 12.7 Å². The predicted molar refractivity (Wildman–Crippen MR) is 69.9 cm³/mol. The van der Waals surface area contributed by atoms with Gasteiger partial charge in [0, 0.05) is 19.0 Å². The van der Waals surface area contributed by atoms with Crippen molar-refractivity contribution in [3.63, 3.8) is 0 Å². The maximum atomic E-state index is 12.7. The molecule has 2 fully saturated rings. The molecule has 1 spiro atoms. The van der Waals surface area contributed by atoms with Gasteiger partial charge in [0.1, 0.15) is 5.54 Å². The van der Waals surface area contributed by atoms with Crippen molar-refractivity contribution in [1.82, 2.24) is 10.2 Å². The number of carbonyl (C=O) groups is 2. The lowest BCUT2D eigenvalue weighted by molar-refractivity contribution is -0.140. The number of amides is 2. The molecule has 0 aromatic heterocycles. The van der Waals surface area contributed by atoms with Crippen molar-refractivity contribution >= 4 is 11.8 Å². The van der Waals surface area contributed by atoms with Crippen LogP contribution in [0.1, 0.15) is 45.4 Å². The summed E-state index contributed by atoms with van der Waals surface area (Å²) < 4.78 is 0. The molecule has 1 saturated heterocycles. The summed E-state index contributed by atoms with van der Waals surface area (Å²) in [4.78, 5) is 26.4. The third-order valence-electron chi connectivity index (χ3n) is 4.13. The minimum atomic E-state index is -0.608. The Kier molecular flexibility index (Phi) is 3.73. The second-order valence-electron chi connectivity index (χ2n) is 5.46. The summed E-state index contributed by atoms with van der Waals surface area (Å²) in [5.74, 6) is 0.124. The van der Waals surface area contributed by atoms with Crippen LogP contribution in [0.5, 0.6) is 0 Å². The van der Waals surface area contributed by atoms with Gasteiger partial charge in [-0.15, -0.1) is 6.58 Å². The molecule has 1 aliphatic carbocycles. The third-order valence-corrected chi connectivity index (χ3v) is 4.13. The number of carbonyl (C=O) groups excluding carboxylic acids is 2. The number of nitrogens with one attached hydrogen (secondary N) is 1. The van der Waals surface area contributed by atoms with Crippen LogP contribution in [0.3, 0.4) is 0 Å². The minimum absolute atomic E-state index is 0.0125. The van der Waals surface area contributed by atoms with E-state index in [1.165, 1.54) is 0 Å². The van der Waals surface area contributed by atoms with E-state index in [0.29, 0.717) is 13.0 Å². The molecule has 0 aromatic rings. The Hall–Kier alpha value is -1.32. The molecule has 1 N–H and O–H groups in total. The van der Waals surface area contributed by atoms with E-state index in [9.17, 15) is 9.59 Å². The quantitative estimate of drug-likeness (QED) is 0.774. The monoisotopic (exact) mass is 250 g/mol. The zero-order chi connectivity index (χ0) is 13.2. The molecular formula is C14H22N2O2. The Morgan fingerprint density at radius 1 is 1.44 bits per heavy atom. The molecule has 2 amide bonds. The summed E-state index contributed by atoms with van der Waals surface area (Å²) in [7, 11) is 0. The van der Waals surface area contributed by atoms with E-state index < -0.39 is 5.54 Å². The summed E-state index contributed by atoms with van der Waals surface area (Å²) >= 11 is 0. The van der Waals surface area contributed by atoms with Crippen LogP contribution >= 0.6 is 0 Å². The lowest BCUT2D eigenvalue weighted by Crippen LogP contribution is -2.56. The van der Waals surface area contributed by atoms with Gasteiger partial charge in [-0.1, -0.05) is 18.9 Å². The highest BCUT2D eigenvalue weighted by Gasteiger charge is 2.47. The zero-order valence-electron chi connectivity index (χ0n) is 11.1.